The molecule has 1 aromatic heterocycles. The summed E-state index contributed by atoms with van der Waals surface area (Å²) in [6, 6.07) is 6.49. The van der Waals surface area contributed by atoms with Crippen molar-refractivity contribution in [2.45, 2.75) is 6.42 Å². The van der Waals surface area contributed by atoms with Gasteiger partial charge in [0.15, 0.2) is 0 Å². The van der Waals surface area contributed by atoms with E-state index in [9.17, 15) is 0 Å². The first-order valence-electron chi connectivity index (χ1n) is 6.71. The predicted molar refractivity (Wildman–Crippen MR) is 76.6 cm³/mol. The number of fused-ring (bicyclic) bond motifs is 1. The minimum Gasteiger partial charge on any atom is -0.312 e. The Morgan fingerprint density at radius 1 is 1.32 bits per heavy atom. The Morgan fingerprint density at radius 3 is 3.21 bits per heavy atom. The number of rotatable bonds is 1. The number of aliphatic imine (C=N–C) groups is 1. The monoisotopic (exact) mass is 252 g/mol. The van der Waals surface area contributed by atoms with Gasteiger partial charge in [0.25, 0.3) is 0 Å². The van der Waals surface area contributed by atoms with E-state index in [0.717, 1.165) is 26.1 Å². The summed E-state index contributed by atoms with van der Waals surface area (Å²) in [5.41, 5.74) is 6.48. The minimum atomic E-state index is 0.886. The fraction of sp³-hybridized carbons (Fsp3) is 0.333. The molecule has 0 radical (unpaired) electrons. The highest BCUT2D eigenvalue weighted by Gasteiger charge is 2.23. The largest absolute Gasteiger partial charge is 0.312 e. The van der Waals surface area contributed by atoms with Crippen molar-refractivity contribution in [2.75, 3.05) is 19.6 Å². The van der Waals surface area contributed by atoms with Crippen LogP contribution >= 0.6 is 0 Å². The van der Waals surface area contributed by atoms with Gasteiger partial charge in [-0.1, -0.05) is 6.07 Å². The second kappa shape index (κ2) is 4.03. The summed E-state index contributed by atoms with van der Waals surface area (Å²) < 4.78 is 1.91. The molecule has 3 heterocycles. The predicted octanol–water partition coefficient (Wildman–Crippen LogP) is 1.67. The van der Waals surface area contributed by atoms with Crippen LogP contribution in [0.5, 0.6) is 0 Å². The van der Waals surface area contributed by atoms with E-state index in [1.165, 1.54) is 33.3 Å². The molecule has 1 N–H and O–H groups in total. The Labute approximate surface area is 111 Å². The first-order valence-corrected chi connectivity index (χ1v) is 6.71. The zero-order valence-electron chi connectivity index (χ0n) is 11.0. The van der Waals surface area contributed by atoms with Crippen LogP contribution in [0.2, 0.25) is 0 Å². The standard InChI is InChI=1S/C15H16N4/c1-19-14-3-2-10(6-12(14)8-18-19)15-13-9-16-5-4-11(13)7-17-15/h2-3,6,8,16H,4-5,7,9H2,1H3. The van der Waals surface area contributed by atoms with Crippen LogP contribution in [-0.2, 0) is 7.05 Å². The lowest BCUT2D eigenvalue weighted by Crippen LogP contribution is -2.27. The van der Waals surface area contributed by atoms with Gasteiger partial charge >= 0.3 is 0 Å². The van der Waals surface area contributed by atoms with Crippen LogP contribution in [0.15, 0.2) is 40.5 Å². The van der Waals surface area contributed by atoms with Crippen molar-refractivity contribution in [1.82, 2.24) is 15.1 Å². The van der Waals surface area contributed by atoms with Gasteiger partial charge in [0.1, 0.15) is 0 Å². The summed E-state index contributed by atoms with van der Waals surface area (Å²) >= 11 is 0. The van der Waals surface area contributed by atoms with Gasteiger partial charge in [0.05, 0.1) is 24.0 Å². The lowest BCUT2D eigenvalue weighted by Gasteiger charge is -2.16. The molecule has 4 rings (SSSR count). The molecule has 0 atom stereocenters. The third-order valence-electron chi connectivity index (χ3n) is 4.07. The number of nitrogens with zero attached hydrogens (tertiary/aromatic N) is 3. The third-order valence-corrected chi connectivity index (χ3v) is 4.07. The van der Waals surface area contributed by atoms with Crippen molar-refractivity contribution in [3.05, 3.63) is 41.1 Å². The van der Waals surface area contributed by atoms with E-state index >= 15 is 0 Å². The molecule has 0 spiro atoms. The number of hydrogen-bond acceptors (Lipinski definition) is 3. The zero-order valence-corrected chi connectivity index (χ0v) is 11.0. The molecular formula is C15H16N4. The molecule has 96 valence electrons. The Kier molecular flexibility index (Phi) is 2.32. The fourth-order valence-electron chi connectivity index (χ4n) is 3.00. The fourth-order valence-corrected chi connectivity index (χ4v) is 3.00. The van der Waals surface area contributed by atoms with Crippen LogP contribution in [0, 0.1) is 0 Å². The van der Waals surface area contributed by atoms with Gasteiger partial charge in [-0.2, -0.15) is 5.10 Å². The summed E-state index contributed by atoms with van der Waals surface area (Å²) in [5, 5.41) is 8.92. The average Bonchev–Trinajstić information content (AvgIpc) is 3.03. The van der Waals surface area contributed by atoms with E-state index in [2.05, 4.69) is 28.6 Å². The van der Waals surface area contributed by atoms with E-state index in [1.807, 2.05) is 17.9 Å². The smallest absolute Gasteiger partial charge is 0.0696 e. The second-order valence-corrected chi connectivity index (χ2v) is 5.22. The minimum absolute atomic E-state index is 0.886. The summed E-state index contributed by atoms with van der Waals surface area (Å²) in [6.07, 6.45) is 3.06. The van der Waals surface area contributed by atoms with Gasteiger partial charge in [-0.25, -0.2) is 0 Å². The zero-order chi connectivity index (χ0) is 12.8. The van der Waals surface area contributed by atoms with Crippen molar-refractivity contribution in [3.8, 4) is 0 Å². The molecular weight excluding hydrogens is 236 g/mol. The van der Waals surface area contributed by atoms with Crippen molar-refractivity contribution >= 4 is 16.6 Å². The molecule has 4 heteroatoms. The molecule has 19 heavy (non-hydrogen) atoms. The summed E-state index contributed by atoms with van der Waals surface area (Å²) in [7, 11) is 1.97. The molecule has 0 saturated heterocycles. The van der Waals surface area contributed by atoms with Crippen LogP contribution in [-0.4, -0.2) is 35.1 Å². The summed E-state index contributed by atoms with van der Waals surface area (Å²) in [6.45, 7) is 2.93. The highest BCUT2D eigenvalue weighted by Crippen LogP contribution is 2.26. The lowest BCUT2D eigenvalue weighted by molar-refractivity contribution is 0.691. The van der Waals surface area contributed by atoms with E-state index in [1.54, 1.807) is 0 Å². The molecule has 2 aliphatic rings. The number of aromatic nitrogens is 2. The lowest BCUT2D eigenvalue weighted by atomic mass is 9.96. The molecule has 0 bridgehead atoms. The molecule has 4 nitrogen and oxygen atoms in total. The SMILES string of the molecule is Cn1ncc2cc(C3=NCC4=C3CNCC4)ccc21. The van der Waals surface area contributed by atoms with Crippen molar-refractivity contribution in [1.29, 1.82) is 0 Å². The molecule has 0 aliphatic carbocycles. The quantitative estimate of drug-likeness (QED) is 0.839. The van der Waals surface area contributed by atoms with Crippen LogP contribution < -0.4 is 5.32 Å². The molecule has 2 aromatic rings. The van der Waals surface area contributed by atoms with Gasteiger partial charge < -0.3 is 5.32 Å². The number of benzene rings is 1. The Hall–Kier alpha value is -1.94. The summed E-state index contributed by atoms with van der Waals surface area (Å²) in [4.78, 5) is 4.74. The van der Waals surface area contributed by atoms with E-state index in [-0.39, 0.29) is 0 Å². The second-order valence-electron chi connectivity index (χ2n) is 5.22. The maximum atomic E-state index is 4.74. The van der Waals surface area contributed by atoms with Gasteiger partial charge in [0.2, 0.25) is 0 Å². The topological polar surface area (TPSA) is 42.2 Å². The Morgan fingerprint density at radius 2 is 2.26 bits per heavy atom. The molecule has 1 aromatic carbocycles. The molecule has 0 amide bonds. The van der Waals surface area contributed by atoms with E-state index < -0.39 is 0 Å². The van der Waals surface area contributed by atoms with Gasteiger partial charge in [-0.05, 0) is 36.2 Å². The van der Waals surface area contributed by atoms with Crippen molar-refractivity contribution < 1.29 is 0 Å². The number of aryl methyl sites for hydroxylation is 1. The highest BCUT2D eigenvalue weighted by molar-refractivity contribution is 6.16. The van der Waals surface area contributed by atoms with Crippen molar-refractivity contribution in [3.63, 3.8) is 0 Å². The molecule has 0 fully saturated rings. The van der Waals surface area contributed by atoms with Crippen LogP contribution in [0.4, 0.5) is 0 Å². The van der Waals surface area contributed by atoms with Crippen molar-refractivity contribution in [2.24, 2.45) is 12.0 Å². The van der Waals surface area contributed by atoms with Crippen LogP contribution in [0.1, 0.15) is 12.0 Å². The van der Waals surface area contributed by atoms with Gasteiger partial charge in [0, 0.05) is 24.5 Å². The third kappa shape index (κ3) is 1.64. The Balaban J connectivity index is 1.80. The first-order chi connectivity index (χ1) is 9.33. The van der Waals surface area contributed by atoms with Crippen LogP contribution in [0.3, 0.4) is 0 Å². The average molecular weight is 252 g/mol. The van der Waals surface area contributed by atoms with E-state index in [0.29, 0.717) is 0 Å². The Bertz CT molecular complexity index is 721. The molecule has 0 unspecified atom stereocenters. The van der Waals surface area contributed by atoms with Crippen LogP contribution in [0.25, 0.3) is 10.9 Å². The number of nitrogens with one attached hydrogen (secondary N) is 1. The first kappa shape index (κ1) is 10.9. The van der Waals surface area contributed by atoms with Gasteiger partial charge in [-0.3, -0.25) is 9.67 Å². The summed E-state index contributed by atoms with van der Waals surface area (Å²) in [5.74, 6) is 0. The molecule has 2 aliphatic heterocycles. The van der Waals surface area contributed by atoms with E-state index in [4.69, 9.17) is 4.99 Å². The number of hydrogen-bond donors (Lipinski definition) is 1. The van der Waals surface area contributed by atoms with Gasteiger partial charge in [-0.15, -0.1) is 0 Å². The molecule has 0 saturated carbocycles. The normalized spacial score (nSPS) is 18.9. The maximum absolute atomic E-state index is 4.74. The maximum Gasteiger partial charge on any atom is 0.0696 e. The highest BCUT2D eigenvalue weighted by atomic mass is 15.2.